The molecule has 32 heavy (non-hydrogen) atoms. The molecule has 1 aromatic carbocycles. The summed E-state index contributed by atoms with van der Waals surface area (Å²) in [4.78, 5) is 8.96. The standard InChI is InChI=1S/C23H27N5O3S/c1-26-12-8-17(9-13-26)22-21-7-4-11-24-23(21)28(25-22)32(29,30)20-6-3-5-18(15-20)27-14-10-19(16-27)31-2/h3-8,11,15,19H,9-10,12-14,16H2,1-2H3. The van der Waals surface area contributed by atoms with Crippen molar-refractivity contribution >= 4 is 32.3 Å². The molecule has 2 aliphatic rings. The Kier molecular flexibility index (Phi) is 5.48. The Morgan fingerprint density at radius 2 is 2.03 bits per heavy atom. The number of ether oxygens (including phenoxy) is 1. The lowest BCUT2D eigenvalue weighted by molar-refractivity contribution is 0.121. The van der Waals surface area contributed by atoms with Gasteiger partial charge in [0.15, 0.2) is 5.65 Å². The van der Waals surface area contributed by atoms with E-state index in [-0.39, 0.29) is 11.0 Å². The third-order valence-corrected chi connectivity index (χ3v) is 7.88. The molecule has 0 saturated carbocycles. The van der Waals surface area contributed by atoms with E-state index in [0.717, 1.165) is 59.8 Å². The maximum Gasteiger partial charge on any atom is 0.285 e. The number of aromatic nitrogens is 3. The Morgan fingerprint density at radius 1 is 1.16 bits per heavy atom. The maximum atomic E-state index is 13.7. The summed E-state index contributed by atoms with van der Waals surface area (Å²) in [5.74, 6) is 0. The molecule has 1 unspecified atom stereocenters. The van der Waals surface area contributed by atoms with Crippen molar-refractivity contribution in [1.29, 1.82) is 0 Å². The Balaban J connectivity index is 1.56. The highest BCUT2D eigenvalue weighted by Gasteiger charge is 2.28. The van der Waals surface area contributed by atoms with Crippen LogP contribution in [0.25, 0.3) is 16.6 Å². The fourth-order valence-electron chi connectivity index (χ4n) is 4.41. The van der Waals surface area contributed by atoms with E-state index in [1.807, 2.05) is 18.2 Å². The Labute approximate surface area is 188 Å². The summed E-state index contributed by atoms with van der Waals surface area (Å²) in [6, 6.07) is 10.8. The highest BCUT2D eigenvalue weighted by Crippen LogP contribution is 2.31. The minimum absolute atomic E-state index is 0.167. The number of pyridine rings is 1. The van der Waals surface area contributed by atoms with E-state index in [1.165, 1.54) is 0 Å². The van der Waals surface area contributed by atoms with E-state index >= 15 is 0 Å². The van der Waals surface area contributed by atoms with Crippen molar-refractivity contribution in [2.45, 2.75) is 23.8 Å². The van der Waals surface area contributed by atoms with E-state index in [0.29, 0.717) is 11.3 Å². The van der Waals surface area contributed by atoms with Gasteiger partial charge in [-0.15, -0.1) is 4.09 Å². The summed E-state index contributed by atoms with van der Waals surface area (Å²) in [6.07, 6.45) is 5.64. The van der Waals surface area contributed by atoms with Crippen molar-refractivity contribution in [3.8, 4) is 0 Å². The normalized spacial score (nSPS) is 20.1. The second-order valence-electron chi connectivity index (χ2n) is 8.40. The van der Waals surface area contributed by atoms with Crippen LogP contribution in [0.1, 0.15) is 18.5 Å². The molecule has 0 bridgehead atoms. The number of likely N-dealkylation sites (N-methyl/N-ethyl adjacent to an activating group) is 1. The molecular weight excluding hydrogens is 426 g/mol. The number of rotatable bonds is 5. The fourth-order valence-corrected chi connectivity index (χ4v) is 5.69. The number of fused-ring (bicyclic) bond motifs is 1. The van der Waals surface area contributed by atoms with E-state index < -0.39 is 10.0 Å². The number of benzene rings is 1. The minimum atomic E-state index is -3.92. The van der Waals surface area contributed by atoms with Crippen molar-refractivity contribution in [1.82, 2.24) is 19.1 Å². The first-order valence-electron chi connectivity index (χ1n) is 10.8. The van der Waals surface area contributed by atoms with Gasteiger partial charge in [0.05, 0.1) is 16.7 Å². The summed E-state index contributed by atoms with van der Waals surface area (Å²) >= 11 is 0. The number of methoxy groups -OCH3 is 1. The van der Waals surface area contributed by atoms with Crippen molar-refractivity contribution in [3.63, 3.8) is 0 Å². The molecule has 3 aromatic rings. The van der Waals surface area contributed by atoms with Gasteiger partial charge in [0.2, 0.25) is 0 Å². The monoisotopic (exact) mass is 453 g/mol. The number of anilines is 1. The zero-order valence-corrected chi connectivity index (χ0v) is 19.1. The van der Waals surface area contributed by atoms with Crippen LogP contribution in [0.3, 0.4) is 0 Å². The van der Waals surface area contributed by atoms with Crippen LogP contribution < -0.4 is 4.90 Å². The second-order valence-corrected chi connectivity index (χ2v) is 10.2. The van der Waals surface area contributed by atoms with Gasteiger partial charge in [0.1, 0.15) is 0 Å². The van der Waals surface area contributed by atoms with E-state index in [1.54, 1.807) is 31.5 Å². The van der Waals surface area contributed by atoms with Crippen LogP contribution in [-0.2, 0) is 14.8 Å². The van der Waals surface area contributed by atoms with Gasteiger partial charge in [0, 0.05) is 50.6 Å². The predicted molar refractivity (Wildman–Crippen MR) is 124 cm³/mol. The molecule has 2 aliphatic heterocycles. The SMILES string of the molecule is COC1CCN(c2cccc(S(=O)(=O)n3nc(C4=CCN(C)CC4)c4cccnc43)c2)C1. The summed E-state index contributed by atoms with van der Waals surface area (Å²) in [5.41, 5.74) is 2.98. The van der Waals surface area contributed by atoms with Crippen LogP contribution in [0.2, 0.25) is 0 Å². The smallest absolute Gasteiger partial charge is 0.285 e. The first-order chi connectivity index (χ1) is 15.5. The summed E-state index contributed by atoms with van der Waals surface area (Å²) in [5, 5.41) is 5.34. The van der Waals surface area contributed by atoms with Gasteiger partial charge in [-0.3, -0.25) is 0 Å². The van der Waals surface area contributed by atoms with Gasteiger partial charge in [-0.1, -0.05) is 12.1 Å². The molecule has 1 atom stereocenters. The van der Waals surface area contributed by atoms with Gasteiger partial charge in [-0.2, -0.15) is 13.5 Å². The molecule has 0 aliphatic carbocycles. The number of nitrogens with zero attached hydrogens (tertiary/aromatic N) is 5. The molecule has 0 amide bonds. The van der Waals surface area contributed by atoms with Crippen molar-refractivity contribution in [2.75, 3.05) is 45.2 Å². The molecule has 0 spiro atoms. The molecule has 4 heterocycles. The van der Waals surface area contributed by atoms with E-state index in [9.17, 15) is 8.42 Å². The molecule has 1 fully saturated rings. The van der Waals surface area contributed by atoms with Crippen molar-refractivity contribution in [2.24, 2.45) is 0 Å². The molecule has 2 aromatic heterocycles. The average molecular weight is 454 g/mol. The second kappa shape index (κ2) is 8.31. The topological polar surface area (TPSA) is 80.6 Å². The Morgan fingerprint density at radius 3 is 2.78 bits per heavy atom. The highest BCUT2D eigenvalue weighted by molar-refractivity contribution is 7.90. The van der Waals surface area contributed by atoms with E-state index in [2.05, 4.69) is 33.0 Å². The number of hydrogen-bond acceptors (Lipinski definition) is 7. The molecule has 5 rings (SSSR count). The van der Waals surface area contributed by atoms with Crippen LogP contribution >= 0.6 is 0 Å². The predicted octanol–water partition coefficient (Wildman–Crippen LogP) is 2.61. The third-order valence-electron chi connectivity index (χ3n) is 6.32. The zero-order chi connectivity index (χ0) is 22.3. The molecule has 0 N–H and O–H groups in total. The average Bonchev–Trinajstić information content (AvgIpc) is 3.45. The summed E-state index contributed by atoms with van der Waals surface area (Å²) in [7, 11) is -0.140. The number of hydrogen-bond donors (Lipinski definition) is 0. The Hall–Kier alpha value is -2.75. The van der Waals surface area contributed by atoms with Gasteiger partial charge < -0.3 is 14.5 Å². The zero-order valence-electron chi connectivity index (χ0n) is 18.3. The molecule has 1 saturated heterocycles. The molecular formula is C23H27N5O3S. The first kappa shape index (κ1) is 21.1. The first-order valence-corrected chi connectivity index (χ1v) is 12.3. The van der Waals surface area contributed by atoms with Crippen LogP contribution in [0.15, 0.2) is 53.6 Å². The van der Waals surface area contributed by atoms with Crippen LogP contribution in [0.5, 0.6) is 0 Å². The highest BCUT2D eigenvalue weighted by atomic mass is 32.2. The lowest BCUT2D eigenvalue weighted by Crippen LogP contribution is -2.24. The molecule has 9 heteroatoms. The van der Waals surface area contributed by atoms with Crippen molar-refractivity contribution in [3.05, 3.63) is 54.4 Å². The lowest BCUT2D eigenvalue weighted by Gasteiger charge is -2.21. The van der Waals surface area contributed by atoms with E-state index in [4.69, 9.17) is 4.74 Å². The van der Waals surface area contributed by atoms with Crippen LogP contribution in [-0.4, -0.2) is 73.9 Å². The fraction of sp³-hybridized carbons (Fsp3) is 0.391. The molecule has 168 valence electrons. The minimum Gasteiger partial charge on any atom is -0.380 e. The van der Waals surface area contributed by atoms with Gasteiger partial charge in [0.25, 0.3) is 10.0 Å². The van der Waals surface area contributed by atoms with Crippen LogP contribution in [0, 0.1) is 0 Å². The van der Waals surface area contributed by atoms with Gasteiger partial charge in [-0.25, -0.2) is 4.98 Å². The summed E-state index contributed by atoms with van der Waals surface area (Å²) in [6.45, 7) is 3.31. The largest absolute Gasteiger partial charge is 0.380 e. The van der Waals surface area contributed by atoms with Gasteiger partial charge >= 0.3 is 0 Å². The summed E-state index contributed by atoms with van der Waals surface area (Å²) < 4.78 is 33.9. The molecule has 0 radical (unpaired) electrons. The quantitative estimate of drug-likeness (QED) is 0.587. The third kappa shape index (κ3) is 3.70. The van der Waals surface area contributed by atoms with Gasteiger partial charge in [-0.05, 0) is 55.8 Å². The Bertz CT molecular complexity index is 1280. The van der Waals surface area contributed by atoms with Crippen molar-refractivity contribution < 1.29 is 13.2 Å². The molecule has 8 nitrogen and oxygen atoms in total. The lowest BCUT2D eigenvalue weighted by atomic mass is 10.0. The van der Waals surface area contributed by atoms with Crippen LogP contribution in [0.4, 0.5) is 5.69 Å². The maximum absolute atomic E-state index is 13.7.